The molecule has 0 unspecified atom stereocenters. The Bertz CT molecular complexity index is 850. The number of phenols is 1. The van der Waals surface area contributed by atoms with Gasteiger partial charge in [-0.15, -0.1) is 0 Å². The highest BCUT2D eigenvalue weighted by molar-refractivity contribution is 6.04. The van der Waals surface area contributed by atoms with Crippen molar-refractivity contribution in [3.8, 4) is 5.75 Å². The van der Waals surface area contributed by atoms with Gasteiger partial charge in [0, 0.05) is 5.39 Å². The number of aromatic hydroxyl groups is 1. The summed E-state index contributed by atoms with van der Waals surface area (Å²) in [5, 5.41) is 13.9. The molecule has 112 valence electrons. The normalized spacial score (nSPS) is 11.2. The molecular formula is C19H18O3. The second kappa shape index (κ2) is 5.68. The Labute approximate surface area is 129 Å². The van der Waals surface area contributed by atoms with Crippen LogP contribution < -0.4 is 0 Å². The molecule has 0 amide bonds. The summed E-state index contributed by atoms with van der Waals surface area (Å²) in [4.78, 5) is 12.1. The van der Waals surface area contributed by atoms with Crippen molar-refractivity contribution in [2.75, 3.05) is 6.61 Å². The van der Waals surface area contributed by atoms with E-state index in [4.69, 9.17) is 4.74 Å². The SMILES string of the molecule is CC(C)COC(=O)c1cc(O)c2cc3ccccc3cc2c1. The van der Waals surface area contributed by atoms with Crippen molar-refractivity contribution in [2.45, 2.75) is 13.8 Å². The number of benzene rings is 3. The minimum atomic E-state index is -0.404. The zero-order valence-electron chi connectivity index (χ0n) is 12.7. The predicted octanol–water partition coefficient (Wildman–Crippen LogP) is 4.51. The highest BCUT2D eigenvalue weighted by Gasteiger charge is 2.12. The van der Waals surface area contributed by atoms with Gasteiger partial charge >= 0.3 is 5.97 Å². The van der Waals surface area contributed by atoms with Crippen LogP contribution in [0.3, 0.4) is 0 Å². The summed E-state index contributed by atoms with van der Waals surface area (Å²) >= 11 is 0. The van der Waals surface area contributed by atoms with E-state index in [1.165, 1.54) is 6.07 Å². The summed E-state index contributed by atoms with van der Waals surface area (Å²) in [6.07, 6.45) is 0. The maximum atomic E-state index is 12.1. The maximum absolute atomic E-state index is 12.1. The van der Waals surface area contributed by atoms with Crippen LogP contribution in [0.25, 0.3) is 21.5 Å². The minimum Gasteiger partial charge on any atom is -0.507 e. The molecule has 0 heterocycles. The van der Waals surface area contributed by atoms with Gasteiger partial charge in [-0.05, 0) is 46.3 Å². The van der Waals surface area contributed by atoms with Crippen molar-refractivity contribution in [1.82, 2.24) is 0 Å². The first-order valence-electron chi connectivity index (χ1n) is 7.37. The fourth-order valence-electron chi connectivity index (χ4n) is 2.48. The highest BCUT2D eigenvalue weighted by Crippen LogP contribution is 2.31. The smallest absolute Gasteiger partial charge is 0.338 e. The maximum Gasteiger partial charge on any atom is 0.338 e. The van der Waals surface area contributed by atoms with Gasteiger partial charge in [0.05, 0.1) is 12.2 Å². The third-order valence-corrected chi connectivity index (χ3v) is 3.58. The summed E-state index contributed by atoms with van der Waals surface area (Å²) in [5.41, 5.74) is 0.376. The Morgan fingerprint density at radius 2 is 1.73 bits per heavy atom. The quantitative estimate of drug-likeness (QED) is 0.571. The molecule has 0 spiro atoms. The molecule has 3 aromatic carbocycles. The van der Waals surface area contributed by atoms with Crippen molar-refractivity contribution >= 4 is 27.5 Å². The molecule has 0 saturated heterocycles. The molecular weight excluding hydrogens is 276 g/mol. The van der Waals surface area contributed by atoms with Crippen LogP contribution in [0.2, 0.25) is 0 Å². The van der Waals surface area contributed by atoms with Crippen LogP contribution in [0.15, 0.2) is 48.5 Å². The zero-order valence-corrected chi connectivity index (χ0v) is 12.7. The average Bonchev–Trinajstić information content (AvgIpc) is 2.50. The highest BCUT2D eigenvalue weighted by atomic mass is 16.5. The van der Waals surface area contributed by atoms with E-state index in [-0.39, 0.29) is 11.7 Å². The lowest BCUT2D eigenvalue weighted by molar-refractivity contribution is 0.0458. The monoisotopic (exact) mass is 294 g/mol. The fraction of sp³-hybridized carbons (Fsp3) is 0.211. The second-order valence-electron chi connectivity index (χ2n) is 5.91. The van der Waals surface area contributed by atoms with Crippen molar-refractivity contribution < 1.29 is 14.6 Å². The molecule has 22 heavy (non-hydrogen) atoms. The van der Waals surface area contributed by atoms with E-state index in [2.05, 4.69) is 0 Å². The van der Waals surface area contributed by atoms with Crippen molar-refractivity contribution in [3.05, 3.63) is 54.1 Å². The molecule has 0 aliphatic rings. The molecule has 0 fully saturated rings. The van der Waals surface area contributed by atoms with Gasteiger partial charge in [-0.1, -0.05) is 38.1 Å². The van der Waals surface area contributed by atoms with Crippen molar-refractivity contribution in [2.24, 2.45) is 5.92 Å². The van der Waals surface area contributed by atoms with Crippen LogP contribution in [0.1, 0.15) is 24.2 Å². The Kier molecular flexibility index (Phi) is 3.72. The minimum absolute atomic E-state index is 0.0970. The van der Waals surface area contributed by atoms with Crippen LogP contribution >= 0.6 is 0 Å². The zero-order chi connectivity index (χ0) is 15.7. The topological polar surface area (TPSA) is 46.5 Å². The number of carbonyl (C=O) groups is 1. The molecule has 0 atom stereocenters. The third kappa shape index (κ3) is 2.75. The van der Waals surface area contributed by atoms with Gasteiger partial charge in [0.1, 0.15) is 5.75 Å². The molecule has 1 N–H and O–H groups in total. The Morgan fingerprint density at radius 1 is 1.05 bits per heavy atom. The van der Waals surface area contributed by atoms with E-state index < -0.39 is 5.97 Å². The Balaban J connectivity index is 2.07. The first kappa shape index (κ1) is 14.4. The van der Waals surface area contributed by atoms with Crippen LogP contribution in [0.4, 0.5) is 0 Å². The van der Waals surface area contributed by atoms with Gasteiger partial charge in [-0.3, -0.25) is 0 Å². The van der Waals surface area contributed by atoms with Crippen molar-refractivity contribution in [1.29, 1.82) is 0 Å². The number of rotatable bonds is 3. The lowest BCUT2D eigenvalue weighted by atomic mass is 10.0. The predicted molar refractivity (Wildman–Crippen MR) is 88.2 cm³/mol. The van der Waals surface area contributed by atoms with E-state index in [1.807, 2.05) is 50.2 Å². The van der Waals surface area contributed by atoms with E-state index in [1.54, 1.807) is 6.07 Å². The molecule has 0 saturated carbocycles. The van der Waals surface area contributed by atoms with Gasteiger partial charge in [0.15, 0.2) is 0 Å². The number of esters is 1. The van der Waals surface area contributed by atoms with Crippen LogP contribution in [-0.2, 0) is 4.74 Å². The molecule has 0 aromatic heterocycles. The van der Waals surface area contributed by atoms with E-state index >= 15 is 0 Å². The molecule has 3 nitrogen and oxygen atoms in total. The number of ether oxygens (including phenoxy) is 1. The average molecular weight is 294 g/mol. The van der Waals surface area contributed by atoms with Gasteiger partial charge in [-0.2, -0.15) is 0 Å². The first-order valence-corrected chi connectivity index (χ1v) is 7.37. The molecule has 0 aliphatic heterocycles. The van der Waals surface area contributed by atoms with E-state index in [9.17, 15) is 9.90 Å². The van der Waals surface area contributed by atoms with Crippen LogP contribution in [-0.4, -0.2) is 17.7 Å². The number of phenolic OH excluding ortho intramolecular Hbond substituents is 1. The lowest BCUT2D eigenvalue weighted by Crippen LogP contribution is -2.10. The lowest BCUT2D eigenvalue weighted by Gasteiger charge is -2.10. The standard InChI is InChI=1S/C19H18O3/c1-12(2)11-22-19(21)16-8-15-7-13-5-3-4-6-14(13)9-17(15)18(20)10-16/h3-10,12,20H,11H2,1-2H3. The molecule has 3 aromatic rings. The Hall–Kier alpha value is -2.55. The summed E-state index contributed by atoms with van der Waals surface area (Å²) in [6.45, 7) is 4.34. The Morgan fingerprint density at radius 3 is 2.41 bits per heavy atom. The van der Waals surface area contributed by atoms with E-state index in [0.717, 1.165) is 21.5 Å². The second-order valence-corrected chi connectivity index (χ2v) is 5.91. The van der Waals surface area contributed by atoms with E-state index in [0.29, 0.717) is 12.2 Å². The van der Waals surface area contributed by atoms with Gasteiger partial charge < -0.3 is 9.84 Å². The fourth-order valence-corrected chi connectivity index (χ4v) is 2.48. The third-order valence-electron chi connectivity index (χ3n) is 3.58. The first-order chi connectivity index (χ1) is 10.5. The van der Waals surface area contributed by atoms with Gasteiger partial charge in [0.25, 0.3) is 0 Å². The number of fused-ring (bicyclic) bond motifs is 2. The largest absolute Gasteiger partial charge is 0.507 e. The van der Waals surface area contributed by atoms with Gasteiger partial charge in [-0.25, -0.2) is 4.79 Å². The molecule has 3 rings (SSSR count). The summed E-state index contributed by atoms with van der Waals surface area (Å²) in [5.74, 6) is -0.0271. The number of carbonyl (C=O) groups excluding carboxylic acids is 1. The molecule has 0 aliphatic carbocycles. The summed E-state index contributed by atoms with van der Waals surface area (Å²) in [7, 11) is 0. The summed E-state index contributed by atoms with van der Waals surface area (Å²) < 4.78 is 5.23. The number of hydrogen-bond acceptors (Lipinski definition) is 3. The molecule has 0 bridgehead atoms. The molecule has 3 heteroatoms. The summed E-state index contributed by atoms with van der Waals surface area (Å²) in [6, 6.07) is 15.1. The number of hydrogen-bond donors (Lipinski definition) is 1. The van der Waals surface area contributed by atoms with Gasteiger partial charge in [0.2, 0.25) is 0 Å². The molecule has 0 radical (unpaired) electrons. The van der Waals surface area contributed by atoms with Crippen molar-refractivity contribution in [3.63, 3.8) is 0 Å². The van der Waals surface area contributed by atoms with Crippen LogP contribution in [0, 0.1) is 5.92 Å². The van der Waals surface area contributed by atoms with Crippen LogP contribution in [0.5, 0.6) is 5.75 Å².